The van der Waals surface area contributed by atoms with Gasteiger partial charge in [-0.1, -0.05) is 42.5 Å². The minimum absolute atomic E-state index is 0.00111. The summed E-state index contributed by atoms with van der Waals surface area (Å²) in [5, 5.41) is 2.89. The van der Waals surface area contributed by atoms with Gasteiger partial charge in [-0.2, -0.15) is 0 Å². The van der Waals surface area contributed by atoms with Crippen LogP contribution in [-0.4, -0.2) is 43.5 Å². The van der Waals surface area contributed by atoms with Gasteiger partial charge in [-0.15, -0.1) is 0 Å². The third-order valence-electron chi connectivity index (χ3n) is 4.86. The molecule has 0 spiro atoms. The zero-order valence-electron chi connectivity index (χ0n) is 16.3. The molecule has 6 heteroatoms. The highest BCUT2D eigenvalue weighted by atomic mass is 16.5. The summed E-state index contributed by atoms with van der Waals surface area (Å²) in [5.74, 6) is 0.562. The highest BCUT2D eigenvalue weighted by Gasteiger charge is 2.27. The Labute approximate surface area is 165 Å². The zero-order valence-corrected chi connectivity index (χ0v) is 16.3. The second-order valence-corrected chi connectivity index (χ2v) is 6.84. The first-order chi connectivity index (χ1) is 13.6. The van der Waals surface area contributed by atoms with Crippen molar-refractivity contribution in [1.82, 2.24) is 10.2 Å². The molecule has 1 N–H and O–H groups in total. The van der Waals surface area contributed by atoms with E-state index >= 15 is 0 Å². The number of nitrogens with one attached hydrogen (secondary N) is 1. The molecule has 1 saturated heterocycles. The minimum atomic E-state index is -0.381. The first-order valence-corrected chi connectivity index (χ1v) is 9.42. The Bertz CT molecular complexity index is 792. The minimum Gasteiger partial charge on any atom is -0.497 e. The summed E-state index contributed by atoms with van der Waals surface area (Å²) in [4.78, 5) is 26.4. The van der Waals surface area contributed by atoms with E-state index in [4.69, 9.17) is 9.47 Å². The van der Waals surface area contributed by atoms with Crippen molar-refractivity contribution in [2.24, 2.45) is 0 Å². The van der Waals surface area contributed by atoms with Crippen LogP contribution in [0.25, 0.3) is 0 Å². The van der Waals surface area contributed by atoms with E-state index in [1.165, 1.54) is 6.92 Å². The summed E-state index contributed by atoms with van der Waals surface area (Å²) in [6.45, 7) is 3.02. The Kier molecular flexibility index (Phi) is 6.66. The number of carbonyl (C=O) groups excluding carboxylic acids is 2. The SMILES string of the molecule is COc1ccc(C(CC(=O)N2CCOC(c3ccccc3)C2)NC(C)=O)cc1. The molecule has 148 valence electrons. The van der Waals surface area contributed by atoms with E-state index in [9.17, 15) is 9.59 Å². The van der Waals surface area contributed by atoms with Gasteiger partial charge in [0.15, 0.2) is 0 Å². The number of nitrogens with zero attached hydrogens (tertiary/aromatic N) is 1. The maximum absolute atomic E-state index is 13.0. The van der Waals surface area contributed by atoms with Crippen molar-refractivity contribution in [3.05, 3.63) is 65.7 Å². The van der Waals surface area contributed by atoms with Crippen LogP contribution >= 0.6 is 0 Å². The van der Waals surface area contributed by atoms with Crippen LogP contribution in [0.4, 0.5) is 0 Å². The average molecular weight is 382 g/mol. The van der Waals surface area contributed by atoms with Gasteiger partial charge in [0.1, 0.15) is 11.9 Å². The van der Waals surface area contributed by atoms with E-state index in [-0.39, 0.29) is 30.4 Å². The van der Waals surface area contributed by atoms with Crippen LogP contribution in [0.5, 0.6) is 5.75 Å². The number of benzene rings is 2. The van der Waals surface area contributed by atoms with Gasteiger partial charge in [-0.25, -0.2) is 0 Å². The second-order valence-electron chi connectivity index (χ2n) is 6.84. The van der Waals surface area contributed by atoms with E-state index in [0.717, 1.165) is 16.9 Å². The number of amides is 2. The van der Waals surface area contributed by atoms with Crippen molar-refractivity contribution >= 4 is 11.8 Å². The summed E-state index contributed by atoms with van der Waals surface area (Å²) in [6.07, 6.45) is 0.0760. The number of rotatable bonds is 6. The molecule has 3 rings (SSSR count). The third-order valence-corrected chi connectivity index (χ3v) is 4.86. The Morgan fingerprint density at radius 2 is 1.89 bits per heavy atom. The molecule has 2 aromatic carbocycles. The molecule has 0 aromatic heterocycles. The second kappa shape index (κ2) is 9.37. The molecule has 2 aromatic rings. The lowest BCUT2D eigenvalue weighted by atomic mass is 10.0. The molecular weight excluding hydrogens is 356 g/mol. The fourth-order valence-electron chi connectivity index (χ4n) is 3.38. The summed E-state index contributed by atoms with van der Waals surface area (Å²) >= 11 is 0. The Balaban J connectivity index is 1.69. The lowest BCUT2D eigenvalue weighted by Crippen LogP contribution is -2.43. The molecule has 1 aliphatic rings. The fourth-order valence-corrected chi connectivity index (χ4v) is 3.38. The van der Waals surface area contributed by atoms with Gasteiger partial charge in [0.05, 0.1) is 32.7 Å². The molecule has 2 unspecified atom stereocenters. The standard InChI is InChI=1S/C22H26N2O4/c1-16(25)23-20(17-8-10-19(27-2)11-9-17)14-22(26)24-12-13-28-21(15-24)18-6-4-3-5-7-18/h3-11,20-21H,12-15H2,1-2H3,(H,23,25). The van der Waals surface area contributed by atoms with Crippen LogP contribution in [0.3, 0.4) is 0 Å². The molecule has 2 amide bonds. The third kappa shape index (κ3) is 5.10. The van der Waals surface area contributed by atoms with Crippen LogP contribution in [0.1, 0.15) is 36.6 Å². The molecule has 0 saturated carbocycles. The van der Waals surface area contributed by atoms with Gasteiger partial charge in [-0.3, -0.25) is 9.59 Å². The van der Waals surface area contributed by atoms with Gasteiger partial charge in [0, 0.05) is 13.5 Å². The predicted octanol–water partition coefficient (Wildman–Crippen LogP) is 2.86. The largest absolute Gasteiger partial charge is 0.497 e. The molecule has 28 heavy (non-hydrogen) atoms. The molecule has 0 radical (unpaired) electrons. The first-order valence-electron chi connectivity index (χ1n) is 9.42. The number of hydrogen-bond donors (Lipinski definition) is 1. The predicted molar refractivity (Wildman–Crippen MR) is 106 cm³/mol. The van der Waals surface area contributed by atoms with Crippen molar-refractivity contribution < 1.29 is 19.1 Å². The van der Waals surface area contributed by atoms with Crippen molar-refractivity contribution in [3.63, 3.8) is 0 Å². The van der Waals surface area contributed by atoms with Crippen LogP contribution in [0, 0.1) is 0 Å². The van der Waals surface area contributed by atoms with E-state index in [0.29, 0.717) is 19.7 Å². The number of carbonyl (C=O) groups is 2. The monoisotopic (exact) mass is 382 g/mol. The Hall–Kier alpha value is -2.86. The van der Waals surface area contributed by atoms with Gasteiger partial charge < -0.3 is 19.7 Å². The van der Waals surface area contributed by atoms with Gasteiger partial charge >= 0.3 is 0 Å². The van der Waals surface area contributed by atoms with Crippen molar-refractivity contribution in [1.29, 1.82) is 0 Å². The van der Waals surface area contributed by atoms with Crippen molar-refractivity contribution in [2.75, 3.05) is 26.8 Å². The highest BCUT2D eigenvalue weighted by Crippen LogP contribution is 2.25. The summed E-state index contributed by atoms with van der Waals surface area (Å²) < 4.78 is 11.0. The average Bonchev–Trinajstić information content (AvgIpc) is 2.73. The normalized spacial score (nSPS) is 17.6. The van der Waals surface area contributed by atoms with Crippen molar-refractivity contribution in [3.8, 4) is 5.75 Å². The zero-order chi connectivity index (χ0) is 19.9. The Morgan fingerprint density at radius 3 is 2.54 bits per heavy atom. The molecule has 1 heterocycles. The van der Waals surface area contributed by atoms with E-state index in [1.54, 1.807) is 7.11 Å². The van der Waals surface area contributed by atoms with Gasteiger partial charge in [0.2, 0.25) is 11.8 Å². The highest BCUT2D eigenvalue weighted by molar-refractivity contribution is 5.79. The smallest absolute Gasteiger partial charge is 0.225 e. The van der Waals surface area contributed by atoms with Crippen molar-refractivity contribution in [2.45, 2.75) is 25.5 Å². The van der Waals surface area contributed by atoms with Gasteiger partial charge in [-0.05, 0) is 23.3 Å². The summed E-state index contributed by atoms with van der Waals surface area (Å²) in [6, 6.07) is 16.9. The molecule has 2 atom stereocenters. The molecule has 1 aliphatic heterocycles. The lowest BCUT2D eigenvalue weighted by Gasteiger charge is -2.34. The number of morpholine rings is 1. The number of ether oxygens (including phenoxy) is 2. The maximum Gasteiger partial charge on any atom is 0.225 e. The van der Waals surface area contributed by atoms with E-state index < -0.39 is 0 Å². The molecule has 0 bridgehead atoms. The van der Waals surface area contributed by atoms with E-state index in [2.05, 4.69) is 5.32 Å². The van der Waals surface area contributed by atoms with E-state index in [1.807, 2.05) is 59.5 Å². The van der Waals surface area contributed by atoms with Crippen LogP contribution < -0.4 is 10.1 Å². The topological polar surface area (TPSA) is 67.9 Å². The first kappa shape index (κ1) is 19.9. The summed E-state index contributed by atoms with van der Waals surface area (Å²) in [7, 11) is 1.60. The molecule has 1 fully saturated rings. The number of hydrogen-bond acceptors (Lipinski definition) is 4. The molecule has 6 nitrogen and oxygen atoms in total. The fraction of sp³-hybridized carbons (Fsp3) is 0.364. The lowest BCUT2D eigenvalue weighted by molar-refractivity contribution is -0.139. The van der Waals surface area contributed by atoms with Crippen LogP contribution in [-0.2, 0) is 14.3 Å². The quantitative estimate of drug-likeness (QED) is 0.834. The van der Waals surface area contributed by atoms with Crippen LogP contribution in [0.2, 0.25) is 0 Å². The maximum atomic E-state index is 13.0. The summed E-state index contributed by atoms with van der Waals surface area (Å²) in [5.41, 5.74) is 1.94. The van der Waals surface area contributed by atoms with Crippen LogP contribution in [0.15, 0.2) is 54.6 Å². The molecular formula is C22H26N2O4. The molecule has 0 aliphatic carbocycles. The Morgan fingerprint density at radius 1 is 1.18 bits per heavy atom. The number of methoxy groups -OCH3 is 1. The van der Waals surface area contributed by atoms with Gasteiger partial charge in [0.25, 0.3) is 0 Å².